The van der Waals surface area contributed by atoms with Gasteiger partial charge in [-0.2, -0.15) is 0 Å². The van der Waals surface area contributed by atoms with Gasteiger partial charge in [0.2, 0.25) is 5.91 Å². The Morgan fingerprint density at radius 3 is 2.63 bits per heavy atom. The quantitative estimate of drug-likeness (QED) is 0.496. The summed E-state index contributed by atoms with van der Waals surface area (Å²) in [5.74, 6) is -0.787. The number of carbonyl (C=O) groups is 2. The van der Waals surface area contributed by atoms with E-state index in [-0.39, 0.29) is 11.5 Å². The van der Waals surface area contributed by atoms with E-state index in [9.17, 15) is 9.59 Å². The third kappa shape index (κ3) is 4.09. The first kappa shape index (κ1) is 18.1. The number of hydrogen-bond donors (Lipinski definition) is 4. The summed E-state index contributed by atoms with van der Waals surface area (Å²) in [4.78, 5) is 35.8. The third-order valence-corrected chi connectivity index (χ3v) is 3.93. The van der Waals surface area contributed by atoms with Gasteiger partial charge in [-0.3, -0.25) is 14.6 Å². The number of benzene rings is 1. The molecule has 1 aromatic carbocycles. The molecule has 6 N–H and O–H groups in total. The van der Waals surface area contributed by atoms with Crippen LogP contribution in [0.2, 0.25) is 0 Å². The summed E-state index contributed by atoms with van der Waals surface area (Å²) in [5.41, 5.74) is 12.2. The SMILES string of the molecule is CCC(Nc1cnc(C(N)=O)c(Nc2cnc3ccccc3c2)n1)C(N)=O. The largest absolute Gasteiger partial charge is 0.368 e. The number of para-hydroxylation sites is 1. The Balaban J connectivity index is 1.94. The lowest BCUT2D eigenvalue weighted by Gasteiger charge is -2.15. The molecule has 0 saturated carbocycles. The molecule has 2 amide bonds. The van der Waals surface area contributed by atoms with E-state index in [4.69, 9.17) is 11.5 Å². The Kier molecular flexibility index (Phi) is 5.11. The summed E-state index contributed by atoms with van der Waals surface area (Å²) in [5, 5.41) is 6.83. The number of hydrogen-bond acceptors (Lipinski definition) is 7. The van der Waals surface area contributed by atoms with Crippen molar-refractivity contribution in [2.75, 3.05) is 10.6 Å². The molecule has 0 aliphatic carbocycles. The summed E-state index contributed by atoms with van der Waals surface area (Å²) < 4.78 is 0. The van der Waals surface area contributed by atoms with Crippen molar-refractivity contribution in [3.63, 3.8) is 0 Å². The first-order valence-corrected chi connectivity index (χ1v) is 8.32. The van der Waals surface area contributed by atoms with Crippen LogP contribution >= 0.6 is 0 Å². The van der Waals surface area contributed by atoms with E-state index in [2.05, 4.69) is 25.6 Å². The number of anilines is 3. The van der Waals surface area contributed by atoms with Crippen molar-refractivity contribution in [3.05, 3.63) is 48.4 Å². The second-order valence-electron chi connectivity index (χ2n) is 5.87. The lowest BCUT2D eigenvalue weighted by molar-refractivity contribution is -0.118. The molecular formula is C18H19N7O2. The van der Waals surface area contributed by atoms with Crippen molar-refractivity contribution >= 4 is 40.0 Å². The molecule has 2 aromatic heterocycles. The zero-order valence-corrected chi connectivity index (χ0v) is 14.6. The van der Waals surface area contributed by atoms with E-state index in [1.54, 1.807) is 6.20 Å². The van der Waals surface area contributed by atoms with Gasteiger partial charge in [-0.05, 0) is 18.6 Å². The molecule has 3 aromatic rings. The predicted octanol–water partition coefficient (Wildman–Crippen LogP) is 1.54. The van der Waals surface area contributed by atoms with Crippen LogP contribution in [0.4, 0.5) is 17.3 Å². The van der Waals surface area contributed by atoms with E-state index in [1.807, 2.05) is 37.3 Å². The predicted molar refractivity (Wildman–Crippen MR) is 102 cm³/mol. The Bertz CT molecular complexity index is 1010. The van der Waals surface area contributed by atoms with Crippen LogP contribution in [-0.2, 0) is 4.79 Å². The first-order valence-electron chi connectivity index (χ1n) is 8.32. The number of amides is 2. The molecule has 9 heteroatoms. The number of nitrogens with two attached hydrogens (primary N) is 2. The number of carbonyl (C=O) groups excluding carboxylic acids is 2. The van der Waals surface area contributed by atoms with Crippen molar-refractivity contribution < 1.29 is 9.59 Å². The lowest BCUT2D eigenvalue weighted by Crippen LogP contribution is -2.35. The van der Waals surface area contributed by atoms with Crippen molar-refractivity contribution in [2.24, 2.45) is 11.5 Å². The minimum absolute atomic E-state index is 0.0270. The van der Waals surface area contributed by atoms with Crippen LogP contribution in [0.3, 0.4) is 0 Å². The molecular weight excluding hydrogens is 346 g/mol. The summed E-state index contributed by atoms with van der Waals surface area (Å²) in [6.07, 6.45) is 3.43. The molecule has 1 unspecified atom stereocenters. The zero-order valence-electron chi connectivity index (χ0n) is 14.6. The summed E-state index contributed by atoms with van der Waals surface area (Å²) in [6.45, 7) is 1.81. The average molecular weight is 365 g/mol. The minimum atomic E-state index is -0.729. The molecule has 1 atom stereocenters. The van der Waals surface area contributed by atoms with Crippen LogP contribution in [0, 0.1) is 0 Å². The van der Waals surface area contributed by atoms with E-state index in [1.165, 1.54) is 6.20 Å². The van der Waals surface area contributed by atoms with Gasteiger partial charge in [-0.15, -0.1) is 0 Å². The van der Waals surface area contributed by atoms with Gasteiger partial charge in [-0.1, -0.05) is 25.1 Å². The maximum absolute atomic E-state index is 11.7. The number of rotatable bonds is 7. The fourth-order valence-corrected chi connectivity index (χ4v) is 2.56. The standard InChI is InChI=1S/C18H19N7O2/c1-2-12(16(19)26)24-14-9-22-15(17(20)27)18(25-14)23-11-7-10-5-3-4-6-13(10)21-8-11/h3-9,12H,2H2,1H3,(H2,19,26)(H2,20,27)(H2,23,24,25). The molecule has 138 valence electrons. The van der Waals surface area contributed by atoms with Crippen LogP contribution < -0.4 is 22.1 Å². The monoisotopic (exact) mass is 365 g/mol. The number of aromatic nitrogens is 3. The fourth-order valence-electron chi connectivity index (χ4n) is 2.56. The molecule has 2 heterocycles. The molecule has 3 rings (SSSR count). The number of nitrogens with zero attached hydrogens (tertiary/aromatic N) is 3. The van der Waals surface area contributed by atoms with Crippen LogP contribution in [-0.4, -0.2) is 32.8 Å². The zero-order chi connectivity index (χ0) is 19.4. The lowest BCUT2D eigenvalue weighted by atomic mass is 10.2. The number of nitrogens with one attached hydrogen (secondary N) is 2. The highest BCUT2D eigenvalue weighted by molar-refractivity contribution is 5.96. The van der Waals surface area contributed by atoms with Gasteiger partial charge in [0, 0.05) is 5.39 Å². The van der Waals surface area contributed by atoms with E-state index in [0.717, 1.165) is 10.9 Å². The summed E-state index contributed by atoms with van der Waals surface area (Å²) in [6, 6.07) is 8.89. The highest BCUT2D eigenvalue weighted by atomic mass is 16.1. The molecule has 0 bridgehead atoms. The first-order chi connectivity index (χ1) is 13.0. The summed E-state index contributed by atoms with van der Waals surface area (Å²) in [7, 11) is 0. The number of primary amides is 2. The molecule has 0 fully saturated rings. The second-order valence-corrected chi connectivity index (χ2v) is 5.87. The molecule has 27 heavy (non-hydrogen) atoms. The van der Waals surface area contributed by atoms with Gasteiger partial charge in [-0.25, -0.2) is 9.97 Å². The molecule has 0 spiro atoms. The van der Waals surface area contributed by atoms with Crippen molar-refractivity contribution in [3.8, 4) is 0 Å². The van der Waals surface area contributed by atoms with Crippen LogP contribution in [0.15, 0.2) is 42.7 Å². The van der Waals surface area contributed by atoms with Gasteiger partial charge in [0.25, 0.3) is 5.91 Å². The molecule has 9 nitrogen and oxygen atoms in total. The summed E-state index contributed by atoms with van der Waals surface area (Å²) >= 11 is 0. The van der Waals surface area contributed by atoms with E-state index in [0.29, 0.717) is 17.9 Å². The van der Waals surface area contributed by atoms with E-state index >= 15 is 0 Å². The van der Waals surface area contributed by atoms with Gasteiger partial charge in [0.05, 0.1) is 23.6 Å². The fraction of sp³-hybridized carbons (Fsp3) is 0.167. The molecule has 0 aliphatic heterocycles. The molecule has 0 saturated heterocycles. The van der Waals surface area contributed by atoms with Crippen LogP contribution in [0.1, 0.15) is 23.8 Å². The maximum Gasteiger partial charge on any atom is 0.271 e. The number of pyridine rings is 1. The Labute approximate surface area is 155 Å². The van der Waals surface area contributed by atoms with Gasteiger partial charge < -0.3 is 22.1 Å². The normalized spacial score (nSPS) is 11.7. The van der Waals surface area contributed by atoms with Gasteiger partial charge >= 0.3 is 0 Å². The maximum atomic E-state index is 11.7. The Hall–Kier alpha value is -3.75. The molecule has 0 aliphatic rings. The van der Waals surface area contributed by atoms with Crippen LogP contribution in [0.5, 0.6) is 0 Å². The van der Waals surface area contributed by atoms with Crippen molar-refractivity contribution in [2.45, 2.75) is 19.4 Å². The smallest absolute Gasteiger partial charge is 0.271 e. The molecule has 0 radical (unpaired) electrons. The number of fused-ring (bicyclic) bond motifs is 1. The van der Waals surface area contributed by atoms with Gasteiger partial charge in [0.15, 0.2) is 11.5 Å². The average Bonchev–Trinajstić information content (AvgIpc) is 2.65. The Morgan fingerprint density at radius 1 is 1.15 bits per heavy atom. The van der Waals surface area contributed by atoms with Crippen molar-refractivity contribution in [1.29, 1.82) is 0 Å². The van der Waals surface area contributed by atoms with Crippen molar-refractivity contribution in [1.82, 2.24) is 15.0 Å². The van der Waals surface area contributed by atoms with E-state index < -0.39 is 17.9 Å². The van der Waals surface area contributed by atoms with Crippen LogP contribution in [0.25, 0.3) is 10.9 Å². The third-order valence-electron chi connectivity index (χ3n) is 3.93. The highest BCUT2D eigenvalue weighted by Gasteiger charge is 2.17. The minimum Gasteiger partial charge on any atom is -0.368 e. The highest BCUT2D eigenvalue weighted by Crippen LogP contribution is 2.22. The van der Waals surface area contributed by atoms with Gasteiger partial charge in [0.1, 0.15) is 11.9 Å². The second kappa shape index (κ2) is 7.65. The Morgan fingerprint density at radius 2 is 1.93 bits per heavy atom. The topological polar surface area (TPSA) is 149 Å².